The zero-order valence-electron chi connectivity index (χ0n) is 21.4. The van der Waals surface area contributed by atoms with Crippen molar-refractivity contribution in [3.05, 3.63) is 0 Å². The van der Waals surface area contributed by atoms with Crippen LogP contribution in [-0.4, -0.2) is 50.9 Å². The van der Waals surface area contributed by atoms with Crippen molar-refractivity contribution in [3.63, 3.8) is 0 Å². The van der Waals surface area contributed by atoms with E-state index in [-0.39, 0.29) is 31.6 Å². The highest BCUT2D eigenvalue weighted by atomic mass is 16.7. The summed E-state index contributed by atoms with van der Waals surface area (Å²) in [5, 5.41) is 0. The van der Waals surface area contributed by atoms with Crippen LogP contribution in [0.1, 0.15) is 117 Å². The molecule has 1 unspecified atom stereocenters. The van der Waals surface area contributed by atoms with Crippen molar-refractivity contribution < 1.29 is 33.3 Å². The molecule has 0 saturated heterocycles. The van der Waals surface area contributed by atoms with E-state index in [2.05, 4.69) is 6.92 Å². The van der Waals surface area contributed by atoms with Gasteiger partial charge in [0.05, 0.1) is 13.2 Å². The third-order valence-corrected chi connectivity index (χ3v) is 5.42. The lowest BCUT2D eigenvalue weighted by Gasteiger charge is -2.17. The van der Waals surface area contributed by atoms with Crippen LogP contribution < -0.4 is 0 Å². The summed E-state index contributed by atoms with van der Waals surface area (Å²) < 4.78 is 20.5. The van der Waals surface area contributed by atoms with E-state index >= 15 is 0 Å². The molecular formula is C26H48O7. The molecule has 1 atom stereocenters. The molecule has 0 N–H and O–H groups in total. The van der Waals surface area contributed by atoms with Crippen LogP contribution in [0, 0.1) is 0 Å². The van der Waals surface area contributed by atoms with Gasteiger partial charge in [-0.3, -0.25) is 4.79 Å². The molecule has 194 valence electrons. The predicted octanol–water partition coefficient (Wildman–Crippen LogP) is 6.55. The molecule has 7 nitrogen and oxygen atoms in total. The van der Waals surface area contributed by atoms with Gasteiger partial charge in [-0.15, -0.1) is 0 Å². The Morgan fingerprint density at radius 1 is 0.667 bits per heavy atom. The second-order valence-corrected chi connectivity index (χ2v) is 8.77. The quantitative estimate of drug-likeness (QED) is 0.123. The molecule has 0 aromatic rings. The Labute approximate surface area is 201 Å². The number of Topliss-reactive ketones (excluding diaryl/α,β-unsaturated/α-hetero) is 1. The first-order valence-corrected chi connectivity index (χ1v) is 13.0. The first-order valence-electron chi connectivity index (χ1n) is 13.0. The number of hydrogen-bond acceptors (Lipinski definition) is 7. The number of hydrogen-bond donors (Lipinski definition) is 0. The van der Waals surface area contributed by atoms with E-state index in [9.17, 15) is 14.4 Å². The Morgan fingerprint density at radius 3 is 1.79 bits per heavy atom. The van der Waals surface area contributed by atoms with Crippen molar-refractivity contribution in [1.29, 1.82) is 0 Å². The number of carbonyl (C=O) groups excluding carboxylic acids is 3. The van der Waals surface area contributed by atoms with Crippen LogP contribution >= 0.6 is 0 Å². The van der Waals surface area contributed by atoms with Crippen LogP contribution in [0.3, 0.4) is 0 Å². The van der Waals surface area contributed by atoms with Crippen LogP contribution in [0.4, 0.5) is 4.79 Å². The molecule has 0 aliphatic rings. The number of carbonyl (C=O) groups is 3. The Morgan fingerprint density at radius 2 is 1.21 bits per heavy atom. The summed E-state index contributed by atoms with van der Waals surface area (Å²) in [6, 6.07) is 0. The first kappa shape index (κ1) is 31.4. The van der Waals surface area contributed by atoms with Crippen LogP contribution in [0.25, 0.3) is 0 Å². The van der Waals surface area contributed by atoms with Gasteiger partial charge in [0.25, 0.3) is 0 Å². The van der Waals surface area contributed by atoms with Gasteiger partial charge in [0.2, 0.25) is 0 Å². The molecule has 0 rings (SSSR count). The second-order valence-electron chi connectivity index (χ2n) is 8.77. The molecule has 0 aromatic carbocycles. The van der Waals surface area contributed by atoms with Gasteiger partial charge in [-0.2, -0.15) is 0 Å². The smallest absolute Gasteiger partial charge is 0.456 e. The van der Waals surface area contributed by atoms with Crippen LogP contribution in [-0.2, 0) is 28.5 Å². The number of unbranched alkanes of at least 4 members (excludes halogenated alkanes) is 12. The molecule has 0 radical (unpaired) electrons. The second kappa shape index (κ2) is 23.5. The largest absolute Gasteiger partial charge is 0.508 e. The molecule has 0 saturated carbocycles. The minimum absolute atomic E-state index is 0.0962. The number of rotatable bonds is 23. The fraction of sp³-hybridized carbons (Fsp3) is 0.885. The first-order chi connectivity index (χ1) is 16.0. The van der Waals surface area contributed by atoms with E-state index in [1.54, 1.807) is 6.92 Å². The molecule has 0 fully saturated rings. The summed E-state index contributed by atoms with van der Waals surface area (Å²) in [6.45, 7) is 4.10. The van der Waals surface area contributed by atoms with E-state index in [1.165, 1.54) is 58.5 Å². The normalized spacial score (nSPS) is 11.7. The lowest BCUT2D eigenvalue weighted by molar-refractivity contribution is -0.154. The maximum absolute atomic E-state index is 12.1. The monoisotopic (exact) mass is 472 g/mol. The third-order valence-electron chi connectivity index (χ3n) is 5.42. The molecule has 0 spiro atoms. The van der Waals surface area contributed by atoms with Crippen molar-refractivity contribution in [3.8, 4) is 0 Å². The fourth-order valence-electron chi connectivity index (χ4n) is 3.49. The van der Waals surface area contributed by atoms with Crippen molar-refractivity contribution in [2.24, 2.45) is 0 Å². The molecule has 7 heteroatoms. The van der Waals surface area contributed by atoms with Crippen LogP contribution in [0.5, 0.6) is 0 Å². The standard InChI is InChI=1S/C26H48O7/c1-4-5-6-7-8-9-10-11-12-13-16-19-25(28)33-24(21-30-3)22-32-26(29)31-20-17-14-15-18-23(2)27/h24H,4-22H2,1-3H3. The molecule has 0 heterocycles. The third kappa shape index (κ3) is 23.3. The summed E-state index contributed by atoms with van der Waals surface area (Å²) in [5.41, 5.74) is 0. The molecule has 0 bridgehead atoms. The lowest BCUT2D eigenvalue weighted by atomic mass is 10.1. The van der Waals surface area contributed by atoms with Gasteiger partial charge in [0.15, 0.2) is 6.10 Å². The Kier molecular flexibility index (Phi) is 22.4. The highest BCUT2D eigenvalue weighted by molar-refractivity contribution is 5.75. The van der Waals surface area contributed by atoms with Gasteiger partial charge in [0.1, 0.15) is 12.4 Å². The number of ether oxygens (including phenoxy) is 4. The summed E-state index contributed by atoms with van der Waals surface area (Å²) in [4.78, 5) is 34.6. The Balaban J connectivity index is 3.75. The van der Waals surface area contributed by atoms with Gasteiger partial charge >= 0.3 is 12.1 Å². The summed E-state index contributed by atoms with van der Waals surface area (Å²) in [5.74, 6) is -0.132. The minimum Gasteiger partial charge on any atom is -0.456 e. The Hall–Kier alpha value is -1.63. The van der Waals surface area contributed by atoms with Crippen molar-refractivity contribution >= 4 is 17.9 Å². The molecule has 0 amide bonds. The number of methoxy groups -OCH3 is 1. The topological polar surface area (TPSA) is 88.1 Å². The SMILES string of the molecule is CCCCCCCCCCCCCC(=O)OC(COC)COC(=O)OCCCCCC(C)=O. The summed E-state index contributed by atoms with van der Waals surface area (Å²) in [7, 11) is 1.50. The van der Waals surface area contributed by atoms with E-state index < -0.39 is 12.3 Å². The zero-order valence-corrected chi connectivity index (χ0v) is 21.4. The van der Waals surface area contributed by atoms with Crippen LogP contribution in [0.2, 0.25) is 0 Å². The maximum Gasteiger partial charge on any atom is 0.508 e. The maximum atomic E-state index is 12.1. The number of esters is 1. The van der Waals surface area contributed by atoms with Crippen LogP contribution in [0.15, 0.2) is 0 Å². The Bertz CT molecular complexity index is 493. The predicted molar refractivity (Wildman–Crippen MR) is 129 cm³/mol. The van der Waals surface area contributed by atoms with Gasteiger partial charge in [-0.25, -0.2) is 4.79 Å². The van der Waals surface area contributed by atoms with Crippen molar-refractivity contribution in [2.75, 3.05) is 26.9 Å². The van der Waals surface area contributed by atoms with Gasteiger partial charge in [-0.1, -0.05) is 71.1 Å². The minimum atomic E-state index is -0.788. The van der Waals surface area contributed by atoms with Crippen molar-refractivity contribution in [1.82, 2.24) is 0 Å². The highest BCUT2D eigenvalue weighted by Gasteiger charge is 2.17. The lowest BCUT2D eigenvalue weighted by Crippen LogP contribution is -2.29. The van der Waals surface area contributed by atoms with E-state index in [0.717, 1.165) is 32.1 Å². The van der Waals surface area contributed by atoms with E-state index in [4.69, 9.17) is 18.9 Å². The highest BCUT2D eigenvalue weighted by Crippen LogP contribution is 2.12. The van der Waals surface area contributed by atoms with Gasteiger partial charge < -0.3 is 23.7 Å². The summed E-state index contributed by atoms with van der Waals surface area (Å²) >= 11 is 0. The van der Waals surface area contributed by atoms with Gasteiger partial charge in [-0.05, 0) is 32.6 Å². The van der Waals surface area contributed by atoms with E-state index in [0.29, 0.717) is 19.3 Å². The zero-order chi connectivity index (χ0) is 24.6. The average Bonchev–Trinajstić information content (AvgIpc) is 2.78. The fourth-order valence-corrected chi connectivity index (χ4v) is 3.49. The molecule has 0 aliphatic carbocycles. The summed E-state index contributed by atoms with van der Waals surface area (Å²) in [6.07, 6.45) is 15.2. The molecule has 0 aliphatic heterocycles. The molecule has 0 aromatic heterocycles. The van der Waals surface area contributed by atoms with Crippen molar-refractivity contribution in [2.45, 2.75) is 123 Å². The molecule has 33 heavy (non-hydrogen) atoms. The van der Waals surface area contributed by atoms with E-state index in [1.807, 2.05) is 0 Å². The molecular weight excluding hydrogens is 424 g/mol. The number of ketones is 1. The average molecular weight is 473 g/mol. The van der Waals surface area contributed by atoms with Gasteiger partial charge in [0, 0.05) is 20.0 Å².